The number of carbonyl (C=O) groups excluding carboxylic acids is 1. The number of pyridine rings is 1. The van der Waals surface area contributed by atoms with Crippen LogP contribution in [-0.2, 0) is 6.54 Å². The van der Waals surface area contributed by atoms with Crippen LogP contribution in [0.25, 0.3) is 0 Å². The summed E-state index contributed by atoms with van der Waals surface area (Å²) in [5.74, 6) is -0.721. The van der Waals surface area contributed by atoms with Crippen molar-refractivity contribution in [1.82, 2.24) is 9.88 Å². The number of nitrogens with zero attached hydrogens (tertiary/aromatic N) is 2. The Morgan fingerprint density at radius 3 is 2.71 bits per heavy atom. The molecule has 0 spiro atoms. The minimum Gasteiger partial charge on any atom is -0.398 e. The van der Waals surface area contributed by atoms with E-state index in [1.807, 2.05) is 25.1 Å². The molecule has 2 N–H and O–H groups in total. The summed E-state index contributed by atoms with van der Waals surface area (Å²) in [6.45, 7) is 4.34. The van der Waals surface area contributed by atoms with Gasteiger partial charge in [-0.25, -0.2) is 4.39 Å². The predicted octanol–water partition coefficient (Wildman–Crippen LogP) is 2.77. The quantitative estimate of drug-likeness (QED) is 0.880. The lowest BCUT2D eigenvalue weighted by atomic mass is 10.1. The highest BCUT2D eigenvalue weighted by Crippen LogP contribution is 2.19. The van der Waals surface area contributed by atoms with E-state index < -0.39 is 5.82 Å². The van der Waals surface area contributed by atoms with Gasteiger partial charge >= 0.3 is 0 Å². The first kappa shape index (κ1) is 15.0. The highest BCUT2D eigenvalue weighted by Gasteiger charge is 2.17. The predicted molar refractivity (Wildman–Crippen MR) is 80.2 cm³/mol. The van der Waals surface area contributed by atoms with Crippen molar-refractivity contribution >= 4 is 11.6 Å². The lowest BCUT2D eigenvalue weighted by molar-refractivity contribution is 0.0750. The van der Waals surface area contributed by atoms with Gasteiger partial charge in [-0.15, -0.1) is 0 Å². The van der Waals surface area contributed by atoms with E-state index in [9.17, 15) is 9.18 Å². The standard InChI is InChI=1S/C16H18FN3O/c1-3-20(10-13-6-4-5-7-19-13)16(21)12-8-14(17)11(2)15(18)9-12/h4-9H,3,10,18H2,1-2H3. The van der Waals surface area contributed by atoms with Crippen LogP contribution in [0.5, 0.6) is 0 Å². The van der Waals surface area contributed by atoms with Gasteiger partial charge in [0.15, 0.2) is 0 Å². The average molecular weight is 287 g/mol. The van der Waals surface area contributed by atoms with Crippen molar-refractivity contribution in [3.8, 4) is 0 Å². The van der Waals surface area contributed by atoms with Crippen molar-refractivity contribution in [3.05, 3.63) is 59.2 Å². The monoisotopic (exact) mass is 287 g/mol. The molecule has 0 saturated heterocycles. The van der Waals surface area contributed by atoms with Gasteiger partial charge in [-0.1, -0.05) is 6.07 Å². The second kappa shape index (κ2) is 6.35. The summed E-state index contributed by atoms with van der Waals surface area (Å²) in [7, 11) is 0. The Labute approximate surface area is 123 Å². The highest BCUT2D eigenvalue weighted by atomic mass is 19.1. The van der Waals surface area contributed by atoms with Crippen molar-refractivity contribution < 1.29 is 9.18 Å². The van der Waals surface area contributed by atoms with Crippen LogP contribution < -0.4 is 5.73 Å². The molecule has 0 atom stereocenters. The van der Waals surface area contributed by atoms with Crippen molar-refractivity contribution in [2.24, 2.45) is 0 Å². The number of carbonyl (C=O) groups is 1. The molecule has 1 amide bonds. The molecule has 2 rings (SSSR count). The van der Waals surface area contributed by atoms with E-state index in [0.717, 1.165) is 5.69 Å². The van der Waals surface area contributed by atoms with E-state index in [1.165, 1.54) is 12.1 Å². The largest absolute Gasteiger partial charge is 0.398 e. The summed E-state index contributed by atoms with van der Waals surface area (Å²) in [5.41, 5.74) is 7.42. The Bertz CT molecular complexity index is 620. The van der Waals surface area contributed by atoms with E-state index in [2.05, 4.69) is 4.98 Å². The SMILES string of the molecule is CCN(Cc1ccccn1)C(=O)c1cc(N)c(C)c(F)c1. The minimum atomic E-state index is -0.466. The molecule has 0 saturated carbocycles. The number of nitrogen functional groups attached to an aromatic ring is 1. The average Bonchev–Trinajstić information content (AvgIpc) is 2.50. The molecule has 0 radical (unpaired) electrons. The zero-order chi connectivity index (χ0) is 15.4. The molecule has 1 heterocycles. The number of aromatic nitrogens is 1. The number of rotatable bonds is 4. The van der Waals surface area contributed by atoms with Crippen LogP contribution in [0, 0.1) is 12.7 Å². The fourth-order valence-corrected chi connectivity index (χ4v) is 2.02. The van der Waals surface area contributed by atoms with Gasteiger partial charge in [-0.3, -0.25) is 9.78 Å². The van der Waals surface area contributed by atoms with Crippen molar-refractivity contribution in [1.29, 1.82) is 0 Å². The molecule has 0 aliphatic heterocycles. The number of anilines is 1. The van der Waals surface area contributed by atoms with Gasteiger partial charge in [0.05, 0.1) is 12.2 Å². The number of benzene rings is 1. The molecular weight excluding hydrogens is 269 g/mol. The minimum absolute atomic E-state index is 0.256. The topological polar surface area (TPSA) is 59.2 Å². The first-order valence-corrected chi connectivity index (χ1v) is 6.77. The van der Waals surface area contributed by atoms with Crippen LogP contribution in [0.1, 0.15) is 28.5 Å². The van der Waals surface area contributed by atoms with Gasteiger partial charge in [-0.2, -0.15) is 0 Å². The van der Waals surface area contributed by atoms with Gasteiger partial charge in [-0.05, 0) is 38.1 Å². The third kappa shape index (κ3) is 3.37. The summed E-state index contributed by atoms with van der Waals surface area (Å²) < 4.78 is 13.7. The summed E-state index contributed by atoms with van der Waals surface area (Å²) in [4.78, 5) is 18.3. The molecule has 5 heteroatoms. The number of hydrogen-bond donors (Lipinski definition) is 1. The molecule has 0 aliphatic carbocycles. The van der Waals surface area contributed by atoms with E-state index in [4.69, 9.17) is 5.73 Å². The van der Waals surface area contributed by atoms with Crippen molar-refractivity contribution in [2.45, 2.75) is 20.4 Å². The first-order valence-electron chi connectivity index (χ1n) is 6.77. The second-order valence-electron chi connectivity index (χ2n) is 4.81. The Balaban J connectivity index is 2.24. The van der Waals surface area contributed by atoms with E-state index in [-0.39, 0.29) is 17.2 Å². The molecule has 4 nitrogen and oxygen atoms in total. The summed E-state index contributed by atoms with van der Waals surface area (Å²) in [6, 6.07) is 8.28. The number of amides is 1. The Morgan fingerprint density at radius 1 is 1.38 bits per heavy atom. The van der Waals surface area contributed by atoms with Crippen LogP contribution in [0.15, 0.2) is 36.5 Å². The van der Waals surface area contributed by atoms with E-state index >= 15 is 0 Å². The van der Waals surface area contributed by atoms with Gasteiger partial charge in [0.2, 0.25) is 0 Å². The lowest BCUT2D eigenvalue weighted by Gasteiger charge is -2.21. The molecular formula is C16H18FN3O. The Morgan fingerprint density at radius 2 is 2.14 bits per heavy atom. The summed E-state index contributed by atoms with van der Waals surface area (Å²) in [6.07, 6.45) is 1.68. The molecule has 21 heavy (non-hydrogen) atoms. The highest BCUT2D eigenvalue weighted by molar-refractivity contribution is 5.95. The third-order valence-corrected chi connectivity index (χ3v) is 3.38. The van der Waals surface area contributed by atoms with Crippen LogP contribution in [-0.4, -0.2) is 22.3 Å². The molecule has 0 fully saturated rings. The van der Waals surface area contributed by atoms with E-state index in [1.54, 1.807) is 18.0 Å². The van der Waals surface area contributed by atoms with Crippen LogP contribution in [0.2, 0.25) is 0 Å². The maximum atomic E-state index is 13.7. The first-order chi connectivity index (χ1) is 10.0. The number of hydrogen-bond acceptors (Lipinski definition) is 3. The fourth-order valence-electron chi connectivity index (χ4n) is 2.02. The normalized spacial score (nSPS) is 10.4. The summed E-state index contributed by atoms with van der Waals surface area (Å²) in [5, 5.41) is 0. The maximum Gasteiger partial charge on any atom is 0.254 e. The molecule has 0 aliphatic rings. The smallest absolute Gasteiger partial charge is 0.254 e. The van der Waals surface area contributed by atoms with Crippen molar-refractivity contribution in [3.63, 3.8) is 0 Å². The van der Waals surface area contributed by atoms with Crippen LogP contribution in [0.4, 0.5) is 10.1 Å². The molecule has 0 bridgehead atoms. The summed E-state index contributed by atoms with van der Waals surface area (Å²) >= 11 is 0. The molecule has 1 aromatic heterocycles. The fraction of sp³-hybridized carbons (Fsp3) is 0.250. The maximum absolute atomic E-state index is 13.7. The second-order valence-corrected chi connectivity index (χ2v) is 4.81. The lowest BCUT2D eigenvalue weighted by Crippen LogP contribution is -2.30. The molecule has 0 unspecified atom stereocenters. The van der Waals surface area contributed by atoms with Crippen molar-refractivity contribution in [2.75, 3.05) is 12.3 Å². The Kier molecular flexibility index (Phi) is 4.52. The molecule has 2 aromatic rings. The zero-order valence-electron chi connectivity index (χ0n) is 12.1. The zero-order valence-corrected chi connectivity index (χ0v) is 12.1. The van der Waals surface area contributed by atoms with Gasteiger partial charge in [0, 0.05) is 29.6 Å². The molecule has 1 aromatic carbocycles. The van der Waals surface area contributed by atoms with Gasteiger partial charge in [0.25, 0.3) is 5.91 Å². The number of nitrogens with two attached hydrogens (primary N) is 1. The van der Waals surface area contributed by atoms with E-state index in [0.29, 0.717) is 18.7 Å². The van der Waals surface area contributed by atoms with Gasteiger partial charge < -0.3 is 10.6 Å². The van der Waals surface area contributed by atoms with Gasteiger partial charge in [0.1, 0.15) is 5.82 Å². The molecule has 110 valence electrons. The van der Waals surface area contributed by atoms with Crippen LogP contribution >= 0.6 is 0 Å². The third-order valence-electron chi connectivity index (χ3n) is 3.38. The number of halogens is 1. The van der Waals surface area contributed by atoms with Crippen LogP contribution in [0.3, 0.4) is 0 Å². The Hall–Kier alpha value is -2.43.